The second-order valence-corrected chi connectivity index (χ2v) is 4.60. The van der Waals surface area contributed by atoms with Gasteiger partial charge in [-0.25, -0.2) is 0 Å². The molecule has 0 aromatic rings. The Morgan fingerprint density at radius 2 is 2.25 bits per heavy atom. The standard InChI is InChI=1S/C14H22N4O2/c1-11(9-15)14(20-3)8-12(16-2)13(19)10-18-6-4-17-5-7-18/h8,13,17,19H,2,4-7,10H2,1,3H3/b12-8-,14-11-/t13-/m1/s1. The number of aliphatic imine (C=N–C) groups is 1. The molecule has 20 heavy (non-hydrogen) atoms. The molecular formula is C14H22N4O2. The molecule has 0 aliphatic carbocycles. The van der Waals surface area contributed by atoms with Crippen molar-refractivity contribution in [2.24, 2.45) is 4.99 Å². The Bertz CT molecular complexity index is 431. The second-order valence-electron chi connectivity index (χ2n) is 4.60. The second kappa shape index (κ2) is 8.48. The van der Waals surface area contributed by atoms with Crippen LogP contribution in [0.4, 0.5) is 0 Å². The number of piperazine rings is 1. The van der Waals surface area contributed by atoms with Crippen LogP contribution in [0.5, 0.6) is 0 Å². The lowest BCUT2D eigenvalue weighted by atomic mass is 10.1. The predicted octanol–water partition coefficient (Wildman–Crippen LogP) is 0.281. The zero-order valence-corrected chi connectivity index (χ0v) is 12.1. The number of hydrogen-bond donors (Lipinski definition) is 2. The van der Waals surface area contributed by atoms with Crippen molar-refractivity contribution in [3.8, 4) is 6.07 Å². The van der Waals surface area contributed by atoms with Crippen molar-refractivity contribution in [1.29, 1.82) is 5.26 Å². The van der Waals surface area contributed by atoms with Crippen LogP contribution in [0.25, 0.3) is 0 Å². The summed E-state index contributed by atoms with van der Waals surface area (Å²) in [5.41, 5.74) is 0.845. The number of methoxy groups -OCH3 is 1. The van der Waals surface area contributed by atoms with E-state index < -0.39 is 6.10 Å². The van der Waals surface area contributed by atoms with Gasteiger partial charge in [0.05, 0.1) is 24.4 Å². The summed E-state index contributed by atoms with van der Waals surface area (Å²) in [5.74, 6) is 0.397. The van der Waals surface area contributed by atoms with Gasteiger partial charge in [-0.05, 0) is 13.6 Å². The van der Waals surface area contributed by atoms with Gasteiger partial charge in [0, 0.05) is 38.8 Å². The van der Waals surface area contributed by atoms with E-state index in [2.05, 4.69) is 21.9 Å². The maximum atomic E-state index is 10.2. The Morgan fingerprint density at radius 3 is 2.75 bits per heavy atom. The first-order chi connectivity index (χ1) is 9.62. The fourth-order valence-corrected chi connectivity index (χ4v) is 1.99. The van der Waals surface area contributed by atoms with E-state index in [-0.39, 0.29) is 0 Å². The summed E-state index contributed by atoms with van der Waals surface area (Å²) in [6, 6.07) is 2.01. The van der Waals surface area contributed by atoms with Gasteiger partial charge >= 0.3 is 0 Å². The quantitative estimate of drug-likeness (QED) is 0.316. The zero-order valence-electron chi connectivity index (χ0n) is 12.1. The number of hydrogen-bond acceptors (Lipinski definition) is 6. The van der Waals surface area contributed by atoms with E-state index in [9.17, 15) is 5.11 Å². The van der Waals surface area contributed by atoms with E-state index in [0.717, 1.165) is 26.2 Å². The molecule has 1 saturated heterocycles. The van der Waals surface area contributed by atoms with Crippen molar-refractivity contribution < 1.29 is 9.84 Å². The normalized spacial score (nSPS) is 19.8. The van der Waals surface area contributed by atoms with Crippen LogP contribution >= 0.6 is 0 Å². The molecule has 1 aliphatic heterocycles. The smallest absolute Gasteiger partial charge is 0.134 e. The monoisotopic (exact) mass is 278 g/mol. The Balaban J connectivity index is 2.78. The van der Waals surface area contributed by atoms with E-state index >= 15 is 0 Å². The molecule has 0 bridgehead atoms. The molecule has 0 spiro atoms. The van der Waals surface area contributed by atoms with Gasteiger partial charge in [-0.3, -0.25) is 9.89 Å². The largest absolute Gasteiger partial charge is 0.496 e. The number of aliphatic hydroxyl groups excluding tert-OH is 1. The van der Waals surface area contributed by atoms with E-state index in [1.807, 2.05) is 6.07 Å². The highest BCUT2D eigenvalue weighted by Gasteiger charge is 2.17. The van der Waals surface area contributed by atoms with Crippen molar-refractivity contribution in [3.05, 3.63) is 23.1 Å². The molecule has 0 saturated carbocycles. The van der Waals surface area contributed by atoms with Gasteiger partial charge in [-0.15, -0.1) is 0 Å². The van der Waals surface area contributed by atoms with Crippen LogP contribution in [0.3, 0.4) is 0 Å². The molecule has 0 aromatic heterocycles. The number of aliphatic hydroxyl groups is 1. The summed E-state index contributed by atoms with van der Waals surface area (Å²) in [6.07, 6.45) is 0.820. The summed E-state index contributed by atoms with van der Waals surface area (Å²) in [7, 11) is 1.48. The molecule has 0 amide bonds. The van der Waals surface area contributed by atoms with Crippen LogP contribution in [0.1, 0.15) is 6.92 Å². The lowest BCUT2D eigenvalue weighted by Crippen LogP contribution is -2.46. The van der Waals surface area contributed by atoms with Crippen LogP contribution in [0, 0.1) is 11.3 Å². The molecule has 2 N–H and O–H groups in total. The minimum Gasteiger partial charge on any atom is -0.496 e. The lowest BCUT2D eigenvalue weighted by Gasteiger charge is -2.29. The summed E-state index contributed by atoms with van der Waals surface area (Å²) in [5, 5.41) is 22.4. The molecule has 1 heterocycles. The average Bonchev–Trinajstić information content (AvgIpc) is 2.48. The molecule has 110 valence electrons. The molecule has 6 heteroatoms. The molecule has 0 aromatic carbocycles. The molecule has 1 rings (SSSR count). The van der Waals surface area contributed by atoms with Gasteiger partial charge in [0.2, 0.25) is 0 Å². The fraction of sp³-hybridized carbons (Fsp3) is 0.571. The number of nitrogens with one attached hydrogen (secondary N) is 1. The Morgan fingerprint density at radius 1 is 1.60 bits per heavy atom. The third-order valence-electron chi connectivity index (χ3n) is 3.20. The molecular weight excluding hydrogens is 256 g/mol. The van der Waals surface area contributed by atoms with Crippen molar-refractivity contribution in [1.82, 2.24) is 10.2 Å². The van der Waals surface area contributed by atoms with E-state index in [1.54, 1.807) is 13.0 Å². The van der Waals surface area contributed by atoms with Crippen molar-refractivity contribution in [3.63, 3.8) is 0 Å². The van der Waals surface area contributed by atoms with Crippen LogP contribution in [0.15, 0.2) is 28.1 Å². The van der Waals surface area contributed by atoms with Gasteiger partial charge in [-0.2, -0.15) is 5.26 Å². The van der Waals surface area contributed by atoms with E-state index in [4.69, 9.17) is 10.00 Å². The van der Waals surface area contributed by atoms with Crippen LogP contribution in [-0.2, 0) is 4.74 Å². The van der Waals surface area contributed by atoms with Gasteiger partial charge in [-0.1, -0.05) is 0 Å². The highest BCUT2D eigenvalue weighted by atomic mass is 16.5. The maximum Gasteiger partial charge on any atom is 0.134 e. The third kappa shape index (κ3) is 4.78. The summed E-state index contributed by atoms with van der Waals surface area (Å²) in [4.78, 5) is 6.01. The first-order valence-electron chi connectivity index (χ1n) is 6.56. The zero-order chi connectivity index (χ0) is 15.0. The SMILES string of the molecule is C=N/C(=C\C(OC)=C(/C)C#N)[C@H](O)CN1CCNCC1. The van der Waals surface area contributed by atoms with Gasteiger partial charge < -0.3 is 15.2 Å². The number of β-amino-alcohol motifs (C(OH)–C–C–N with tert-alkyl or cyclic N) is 1. The first kappa shape index (κ1) is 16.4. The summed E-state index contributed by atoms with van der Waals surface area (Å²) >= 11 is 0. The highest BCUT2D eigenvalue weighted by Crippen LogP contribution is 2.14. The molecule has 0 unspecified atom stereocenters. The average molecular weight is 278 g/mol. The third-order valence-corrected chi connectivity index (χ3v) is 3.20. The lowest BCUT2D eigenvalue weighted by molar-refractivity contribution is 0.128. The maximum absolute atomic E-state index is 10.2. The topological polar surface area (TPSA) is 80.9 Å². The van der Waals surface area contributed by atoms with Crippen LogP contribution < -0.4 is 5.32 Å². The Kier molecular flexibility index (Phi) is 6.94. The van der Waals surface area contributed by atoms with Gasteiger partial charge in [0.25, 0.3) is 0 Å². The number of allylic oxidation sites excluding steroid dienone is 2. The number of nitriles is 1. The van der Waals surface area contributed by atoms with Crippen LogP contribution in [-0.4, -0.2) is 62.7 Å². The number of nitrogens with zero attached hydrogens (tertiary/aromatic N) is 3. The van der Waals surface area contributed by atoms with Gasteiger partial charge in [0.1, 0.15) is 11.9 Å². The number of rotatable bonds is 6. The molecule has 6 nitrogen and oxygen atoms in total. The van der Waals surface area contributed by atoms with E-state index in [1.165, 1.54) is 7.11 Å². The van der Waals surface area contributed by atoms with Crippen molar-refractivity contribution >= 4 is 6.72 Å². The first-order valence-corrected chi connectivity index (χ1v) is 6.56. The Labute approximate surface area is 120 Å². The summed E-state index contributed by atoms with van der Waals surface area (Å²) in [6.45, 7) is 9.25. The van der Waals surface area contributed by atoms with Crippen LogP contribution in [0.2, 0.25) is 0 Å². The van der Waals surface area contributed by atoms with E-state index in [0.29, 0.717) is 23.6 Å². The molecule has 1 atom stereocenters. The fourth-order valence-electron chi connectivity index (χ4n) is 1.99. The van der Waals surface area contributed by atoms with Gasteiger partial charge in [0.15, 0.2) is 0 Å². The van der Waals surface area contributed by atoms with Crippen molar-refractivity contribution in [2.45, 2.75) is 13.0 Å². The predicted molar refractivity (Wildman–Crippen MR) is 78.3 cm³/mol. The number of ether oxygens (including phenoxy) is 1. The van der Waals surface area contributed by atoms with Crippen molar-refractivity contribution in [2.75, 3.05) is 39.8 Å². The highest BCUT2D eigenvalue weighted by molar-refractivity contribution is 5.36. The molecule has 0 radical (unpaired) electrons. The summed E-state index contributed by atoms with van der Waals surface area (Å²) < 4.78 is 5.13. The minimum atomic E-state index is -0.748. The molecule has 1 aliphatic rings. The Hall–Kier alpha value is -1.68. The molecule has 1 fully saturated rings. The minimum absolute atomic E-state index is 0.397.